The van der Waals surface area contributed by atoms with Gasteiger partial charge in [-0.15, -0.1) is 0 Å². The van der Waals surface area contributed by atoms with Crippen LogP contribution in [-0.2, 0) is 4.79 Å². The van der Waals surface area contributed by atoms with Crippen LogP contribution in [0.4, 0.5) is 0 Å². The molecule has 0 saturated carbocycles. The molecule has 0 bridgehead atoms. The monoisotopic (exact) mass is 485 g/mol. The molecule has 2 aliphatic carbocycles. The molecule has 4 rings (SSSR count). The number of carbonyl (C=O) groups is 1. The molecule has 0 radical (unpaired) electrons. The molecule has 7 heteroatoms. The van der Waals surface area contributed by atoms with E-state index in [1.165, 1.54) is 6.08 Å². The maximum atomic E-state index is 13.3. The van der Waals surface area contributed by atoms with Gasteiger partial charge in [0.15, 0.2) is 0 Å². The number of hydrogen-bond acceptors (Lipinski definition) is 6. The van der Waals surface area contributed by atoms with Crippen molar-refractivity contribution in [2.75, 3.05) is 0 Å². The SMILES string of the molecule is CC1=CC2C(C=CC(C)C(O)C(O)C(O)CC(O)C=CC=C1)C=CC1C(=O)N3C(C)CC(O)C3C12. The van der Waals surface area contributed by atoms with Crippen molar-refractivity contribution in [1.29, 1.82) is 0 Å². The fourth-order valence-corrected chi connectivity index (χ4v) is 6.34. The summed E-state index contributed by atoms with van der Waals surface area (Å²) in [6.07, 6.45) is 12.1. The number of allylic oxidation sites excluding steroid dienone is 7. The summed E-state index contributed by atoms with van der Waals surface area (Å²) in [5.41, 5.74) is 1.00. The van der Waals surface area contributed by atoms with Gasteiger partial charge in [0.1, 0.15) is 6.10 Å². The molecule has 12 unspecified atom stereocenters. The number of fused-ring (bicyclic) bond motifs is 5. The molecule has 2 heterocycles. The highest BCUT2D eigenvalue weighted by Crippen LogP contribution is 2.50. The summed E-state index contributed by atoms with van der Waals surface area (Å²) in [6, 6.07) is -0.228. The average Bonchev–Trinajstić information content (AvgIpc) is 3.28. The summed E-state index contributed by atoms with van der Waals surface area (Å²) in [6.45, 7) is 5.76. The largest absolute Gasteiger partial charge is 0.391 e. The zero-order chi connectivity index (χ0) is 25.4. The van der Waals surface area contributed by atoms with Crippen molar-refractivity contribution in [3.63, 3.8) is 0 Å². The van der Waals surface area contributed by atoms with Gasteiger partial charge in [0.05, 0.1) is 36.4 Å². The van der Waals surface area contributed by atoms with Gasteiger partial charge < -0.3 is 30.4 Å². The number of amides is 1. The first kappa shape index (κ1) is 26.0. The van der Waals surface area contributed by atoms with Gasteiger partial charge in [0.25, 0.3) is 0 Å². The highest BCUT2D eigenvalue weighted by atomic mass is 16.4. The summed E-state index contributed by atoms with van der Waals surface area (Å²) < 4.78 is 0. The van der Waals surface area contributed by atoms with Gasteiger partial charge in [-0.3, -0.25) is 4.79 Å². The molecule has 0 aromatic heterocycles. The van der Waals surface area contributed by atoms with Gasteiger partial charge in [-0.2, -0.15) is 0 Å². The van der Waals surface area contributed by atoms with E-state index in [1.54, 1.807) is 19.1 Å². The Balaban J connectivity index is 1.73. The quantitative estimate of drug-likeness (QED) is 0.332. The average molecular weight is 486 g/mol. The van der Waals surface area contributed by atoms with E-state index in [2.05, 4.69) is 6.08 Å². The van der Waals surface area contributed by atoms with Gasteiger partial charge in [0.2, 0.25) is 5.91 Å². The lowest BCUT2D eigenvalue weighted by molar-refractivity contribution is -0.131. The van der Waals surface area contributed by atoms with Crippen molar-refractivity contribution in [2.45, 2.75) is 76.2 Å². The van der Waals surface area contributed by atoms with Crippen molar-refractivity contribution in [1.82, 2.24) is 4.90 Å². The molecule has 12 atom stereocenters. The highest BCUT2D eigenvalue weighted by molar-refractivity contribution is 5.85. The van der Waals surface area contributed by atoms with E-state index in [4.69, 9.17) is 0 Å². The molecule has 1 amide bonds. The summed E-state index contributed by atoms with van der Waals surface area (Å²) in [5, 5.41) is 52.4. The van der Waals surface area contributed by atoms with E-state index in [9.17, 15) is 30.3 Å². The van der Waals surface area contributed by atoms with Crippen LogP contribution in [0, 0.1) is 29.6 Å². The molecule has 192 valence electrons. The highest BCUT2D eigenvalue weighted by Gasteiger charge is 2.58. The Morgan fingerprint density at radius 1 is 0.857 bits per heavy atom. The Kier molecular flexibility index (Phi) is 7.83. The second kappa shape index (κ2) is 10.5. The van der Waals surface area contributed by atoms with Crippen LogP contribution in [-0.4, -0.2) is 78.9 Å². The molecule has 35 heavy (non-hydrogen) atoms. The fraction of sp³-hybridized carbons (Fsp3) is 0.607. The molecular weight excluding hydrogens is 446 g/mol. The first-order valence-corrected chi connectivity index (χ1v) is 12.7. The second-order valence-electron chi connectivity index (χ2n) is 10.8. The van der Waals surface area contributed by atoms with Crippen LogP contribution in [0.1, 0.15) is 33.6 Å². The van der Waals surface area contributed by atoms with Crippen LogP contribution in [0.3, 0.4) is 0 Å². The summed E-state index contributed by atoms with van der Waals surface area (Å²) in [7, 11) is 0. The van der Waals surface area contributed by atoms with Gasteiger partial charge in [-0.25, -0.2) is 0 Å². The second-order valence-corrected chi connectivity index (χ2v) is 10.8. The first-order valence-electron chi connectivity index (χ1n) is 12.7. The number of aliphatic hydroxyl groups is 5. The van der Waals surface area contributed by atoms with Gasteiger partial charge >= 0.3 is 0 Å². The number of nitrogens with zero attached hydrogens (tertiary/aromatic N) is 1. The lowest BCUT2D eigenvalue weighted by Gasteiger charge is -2.36. The topological polar surface area (TPSA) is 121 Å². The third-order valence-corrected chi connectivity index (χ3v) is 8.21. The van der Waals surface area contributed by atoms with E-state index >= 15 is 0 Å². The summed E-state index contributed by atoms with van der Waals surface area (Å²) >= 11 is 0. The Morgan fingerprint density at radius 3 is 2.31 bits per heavy atom. The molecule has 0 aromatic carbocycles. The number of rotatable bonds is 0. The van der Waals surface area contributed by atoms with Crippen molar-refractivity contribution in [3.8, 4) is 0 Å². The normalized spacial score (nSPS) is 46.3. The van der Waals surface area contributed by atoms with Crippen molar-refractivity contribution >= 4 is 5.91 Å². The Labute approximate surface area is 207 Å². The molecule has 0 aromatic rings. The van der Waals surface area contributed by atoms with Crippen LogP contribution in [0.2, 0.25) is 0 Å². The molecule has 2 fully saturated rings. The molecule has 2 aliphatic heterocycles. The molecule has 4 aliphatic rings. The minimum absolute atomic E-state index is 0.00584. The van der Waals surface area contributed by atoms with Crippen LogP contribution < -0.4 is 0 Å². The first-order chi connectivity index (χ1) is 16.6. The van der Waals surface area contributed by atoms with Crippen molar-refractivity contribution in [3.05, 3.63) is 60.3 Å². The van der Waals surface area contributed by atoms with E-state index in [1.807, 2.05) is 49.1 Å². The summed E-state index contributed by atoms with van der Waals surface area (Å²) in [5.74, 6) is -0.829. The maximum absolute atomic E-state index is 13.3. The third-order valence-electron chi connectivity index (χ3n) is 8.21. The molecule has 0 spiro atoms. The van der Waals surface area contributed by atoms with E-state index < -0.39 is 36.4 Å². The zero-order valence-electron chi connectivity index (χ0n) is 20.6. The van der Waals surface area contributed by atoms with Crippen molar-refractivity contribution in [2.24, 2.45) is 29.6 Å². The molecular formula is C28H39NO6. The smallest absolute Gasteiger partial charge is 0.230 e. The maximum Gasteiger partial charge on any atom is 0.230 e. The van der Waals surface area contributed by atoms with Crippen LogP contribution in [0.15, 0.2) is 60.3 Å². The molecule has 5 N–H and O–H groups in total. The lowest BCUT2D eigenvalue weighted by atomic mass is 9.67. The number of hydrogen-bond donors (Lipinski definition) is 5. The predicted octanol–water partition coefficient (Wildman–Crippen LogP) is 1.48. The predicted molar refractivity (Wildman–Crippen MR) is 133 cm³/mol. The summed E-state index contributed by atoms with van der Waals surface area (Å²) in [4.78, 5) is 15.1. The van der Waals surface area contributed by atoms with E-state index in [-0.39, 0.29) is 48.1 Å². The standard InChI is InChI=1S/C28H39NO6/c1-15-6-4-5-7-19(30)14-23(32)27(34)26(33)16(2)8-9-18-10-11-20-24(21(18)12-15)25-22(31)13-17(3)29(25)28(20)35/h4-12,16-27,30-34H,13-14H2,1-3H3. The van der Waals surface area contributed by atoms with E-state index in [0.717, 1.165) is 5.57 Å². The van der Waals surface area contributed by atoms with Gasteiger partial charge in [0, 0.05) is 30.2 Å². The minimum atomic E-state index is -1.40. The zero-order valence-corrected chi connectivity index (χ0v) is 20.6. The van der Waals surface area contributed by atoms with Gasteiger partial charge in [-0.1, -0.05) is 67.2 Å². The van der Waals surface area contributed by atoms with Crippen LogP contribution in [0.5, 0.6) is 0 Å². The Bertz CT molecular complexity index is 938. The molecule has 2 saturated heterocycles. The minimum Gasteiger partial charge on any atom is -0.391 e. The number of aliphatic hydroxyl groups excluding tert-OH is 5. The third kappa shape index (κ3) is 5.11. The van der Waals surface area contributed by atoms with Gasteiger partial charge in [-0.05, 0) is 26.2 Å². The Morgan fingerprint density at radius 2 is 1.57 bits per heavy atom. The van der Waals surface area contributed by atoms with Crippen LogP contribution in [0.25, 0.3) is 0 Å². The fourth-order valence-electron chi connectivity index (χ4n) is 6.34. The van der Waals surface area contributed by atoms with E-state index in [0.29, 0.717) is 6.42 Å². The Hall–Kier alpha value is -2.03. The molecule has 7 nitrogen and oxygen atoms in total. The van der Waals surface area contributed by atoms with Crippen molar-refractivity contribution < 1.29 is 30.3 Å². The number of carbonyl (C=O) groups excluding carboxylic acids is 1. The lowest BCUT2D eigenvalue weighted by Crippen LogP contribution is -2.42. The van der Waals surface area contributed by atoms with Crippen LogP contribution >= 0.6 is 0 Å².